The van der Waals surface area contributed by atoms with E-state index in [9.17, 15) is 19.8 Å². The van der Waals surface area contributed by atoms with Gasteiger partial charge in [0, 0.05) is 12.8 Å². The molecular weight excluding hydrogens is 1070 g/mol. The predicted octanol–water partition coefficient (Wildman–Crippen LogP) is 26.2. The molecule has 6 heteroatoms. The number of unbranched alkanes of at least 4 members (excludes halogenated alkanes) is 60. The van der Waals surface area contributed by atoms with Crippen molar-refractivity contribution in [1.29, 1.82) is 0 Å². The zero-order valence-corrected chi connectivity index (χ0v) is 59.0. The first-order valence-corrected chi connectivity index (χ1v) is 39.8. The summed E-state index contributed by atoms with van der Waals surface area (Å²) >= 11 is 0. The van der Waals surface area contributed by atoms with E-state index in [0.717, 1.165) is 44.9 Å². The van der Waals surface area contributed by atoms with E-state index >= 15 is 0 Å². The summed E-state index contributed by atoms with van der Waals surface area (Å²) in [6, 6.07) is -0.627. The monoisotopic (exact) mass is 1220 g/mol. The summed E-state index contributed by atoms with van der Waals surface area (Å²) in [5.74, 6) is -0.0490. The second-order valence-corrected chi connectivity index (χ2v) is 27.4. The van der Waals surface area contributed by atoms with Gasteiger partial charge in [-0.3, -0.25) is 9.59 Å². The number of carbonyl (C=O) groups is 2. The Bertz CT molecular complexity index is 1410. The lowest BCUT2D eigenvalue weighted by Crippen LogP contribution is -2.45. The molecule has 0 aromatic carbocycles. The van der Waals surface area contributed by atoms with Crippen LogP contribution in [0.5, 0.6) is 0 Å². The fourth-order valence-electron chi connectivity index (χ4n) is 12.6. The summed E-state index contributed by atoms with van der Waals surface area (Å²) in [7, 11) is 0. The van der Waals surface area contributed by atoms with Gasteiger partial charge in [0.2, 0.25) is 5.91 Å². The summed E-state index contributed by atoms with van der Waals surface area (Å²) < 4.78 is 5.50. The molecule has 3 N–H and O–H groups in total. The molecule has 0 aliphatic heterocycles. The molecule has 2 atom stereocenters. The third-order valence-corrected chi connectivity index (χ3v) is 18.6. The van der Waals surface area contributed by atoms with Crippen LogP contribution in [0.15, 0.2) is 36.5 Å². The number of amides is 1. The Hall–Kier alpha value is -1.92. The second-order valence-electron chi connectivity index (χ2n) is 27.4. The van der Waals surface area contributed by atoms with Crippen molar-refractivity contribution in [1.82, 2.24) is 5.32 Å². The minimum atomic E-state index is -0.844. The van der Waals surface area contributed by atoms with Gasteiger partial charge in [-0.25, -0.2) is 0 Å². The molecule has 2 unspecified atom stereocenters. The molecule has 1 amide bonds. The predicted molar refractivity (Wildman–Crippen MR) is 384 cm³/mol. The van der Waals surface area contributed by atoms with Gasteiger partial charge in [0.15, 0.2) is 0 Å². The van der Waals surface area contributed by atoms with E-state index in [1.54, 1.807) is 6.08 Å². The molecule has 0 saturated carbocycles. The van der Waals surface area contributed by atoms with Crippen LogP contribution in [0.3, 0.4) is 0 Å². The van der Waals surface area contributed by atoms with Crippen molar-refractivity contribution in [3.8, 4) is 0 Å². The minimum absolute atomic E-state index is 0.0112. The maximum atomic E-state index is 12.5. The number of aliphatic hydroxyl groups excluding tert-OH is 2. The van der Waals surface area contributed by atoms with E-state index < -0.39 is 12.1 Å². The van der Waals surface area contributed by atoms with Crippen molar-refractivity contribution in [2.24, 2.45) is 0 Å². The highest BCUT2D eigenvalue weighted by molar-refractivity contribution is 5.76. The first kappa shape index (κ1) is 85.1. The number of hydrogen-bond donors (Lipinski definition) is 3. The number of allylic oxidation sites excluding steroid dienone is 5. The van der Waals surface area contributed by atoms with Crippen LogP contribution >= 0.6 is 0 Å². The van der Waals surface area contributed by atoms with Gasteiger partial charge in [0.25, 0.3) is 0 Å². The molecule has 0 fully saturated rings. The van der Waals surface area contributed by atoms with Crippen LogP contribution < -0.4 is 5.32 Å². The molecule has 514 valence electrons. The van der Waals surface area contributed by atoms with Crippen molar-refractivity contribution < 1.29 is 24.5 Å². The smallest absolute Gasteiger partial charge is 0.305 e. The van der Waals surface area contributed by atoms with Crippen LogP contribution in [0.25, 0.3) is 0 Å². The molecule has 6 nitrogen and oxygen atoms in total. The van der Waals surface area contributed by atoms with E-state index in [1.165, 1.54) is 372 Å². The largest absolute Gasteiger partial charge is 0.466 e. The number of nitrogens with one attached hydrogen (secondary N) is 1. The molecule has 0 aromatic heterocycles. The number of rotatable bonds is 75. The van der Waals surface area contributed by atoms with Gasteiger partial charge in [-0.15, -0.1) is 0 Å². The topological polar surface area (TPSA) is 95.9 Å². The molecule has 0 aliphatic rings. The van der Waals surface area contributed by atoms with Gasteiger partial charge in [0.05, 0.1) is 25.4 Å². The standard InChI is InChI=1S/C81H155NO5/c1-3-5-7-9-11-13-15-17-19-20-21-22-36-39-42-46-49-53-57-61-65-69-73-79(84)78(77-83)82-80(85)74-70-66-62-58-54-50-47-43-40-37-34-32-30-28-26-24-23-25-27-29-31-33-35-38-41-44-48-52-56-60-64-68-72-76-87-81(86)75-71-67-63-59-55-51-45-18-16-14-12-10-8-6-4-2/h18,27,29,45,69,73,78-79,83-84H,3-17,19-26,28,30-44,46-68,70-72,74-77H2,1-2H3,(H,82,85)/b29-27-,45-18-,73-69+. The highest BCUT2D eigenvalue weighted by Gasteiger charge is 2.18. The summed E-state index contributed by atoms with van der Waals surface area (Å²) in [5, 5.41) is 23.3. The quantitative estimate of drug-likeness (QED) is 0.0320. The lowest BCUT2D eigenvalue weighted by Gasteiger charge is -2.20. The van der Waals surface area contributed by atoms with Crippen molar-refractivity contribution in [3.63, 3.8) is 0 Å². The molecule has 0 saturated heterocycles. The number of carbonyl (C=O) groups excluding carboxylic acids is 2. The molecule has 0 spiro atoms. The van der Waals surface area contributed by atoms with E-state index in [1.807, 2.05) is 6.08 Å². The van der Waals surface area contributed by atoms with Gasteiger partial charge >= 0.3 is 5.97 Å². The lowest BCUT2D eigenvalue weighted by atomic mass is 10.0. The van der Waals surface area contributed by atoms with Crippen LogP contribution in [-0.2, 0) is 14.3 Å². The Kier molecular flexibility index (Phi) is 74.8. The summed E-state index contributed by atoms with van der Waals surface area (Å²) in [5.41, 5.74) is 0. The maximum Gasteiger partial charge on any atom is 0.305 e. The average molecular weight is 1220 g/mol. The van der Waals surface area contributed by atoms with Gasteiger partial charge in [-0.05, 0) is 83.5 Å². The second kappa shape index (κ2) is 76.5. The molecule has 0 bridgehead atoms. The summed E-state index contributed by atoms with van der Waals surface area (Å²) in [4.78, 5) is 24.6. The molecular formula is C81H155NO5. The Balaban J connectivity index is 3.37. The van der Waals surface area contributed by atoms with Gasteiger partial charge in [0.1, 0.15) is 0 Å². The van der Waals surface area contributed by atoms with Gasteiger partial charge in [-0.1, -0.05) is 384 Å². The van der Waals surface area contributed by atoms with E-state index in [4.69, 9.17) is 4.74 Å². The van der Waals surface area contributed by atoms with Crippen molar-refractivity contribution >= 4 is 11.9 Å². The number of hydrogen-bond acceptors (Lipinski definition) is 5. The normalized spacial score (nSPS) is 12.6. The Morgan fingerprint density at radius 2 is 0.540 bits per heavy atom. The van der Waals surface area contributed by atoms with Crippen LogP contribution in [0.4, 0.5) is 0 Å². The van der Waals surface area contributed by atoms with Crippen LogP contribution in [0, 0.1) is 0 Å². The average Bonchev–Trinajstić information content (AvgIpc) is 3.52. The molecule has 0 heterocycles. The summed E-state index contributed by atoms with van der Waals surface area (Å²) in [6.07, 6.45) is 99.8. The van der Waals surface area contributed by atoms with Gasteiger partial charge in [-0.2, -0.15) is 0 Å². The first-order valence-electron chi connectivity index (χ1n) is 39.8. The number of esters is 1. The SMILES string of the molecule is CCCCCCCC/C=C\CCCCCCCC(=O)OCCCCCCCCCCCCCC/C=C\CCCCCCCCCCCCCCCCCCCC(=O)NC(CO)C(O)/C=C/CCCCCCCCCCCCCCCCCCCCCC. The lowest BCUT2D eigenvalue weighted by molar-refractivity contribution is -0.143. The highest BCUT2D eigenvalue weighted by Crippen LogP contribution is 2.19. The van der Waals surface area contributed by atoms with Crippen LogP contribution in [-0.4, -0.2) is 47.4 Å². The zero-order chi connectivity index (χ0) is 62.8. The Morgan fingerprint density at radius 1 is 0.310 bits per heavy atom. The van der Waals surface area contributed by atoms with E-state index in [0.29, 0.717) is 19.4 Å². The first-order chi connectivity index (χ1) is 43.0. The number of ether oxygens (including phenoxy) is 1. The van der Waals surface area contributed by atoms with Crippen LogP contribution in [0.2, 0.25) is 0 Å². The molecule has 0 aromatic rings. The third kappa shape index (κ3) is 73.0. The van der Waals surface area contributed by atoms with Crippen molar-refractivity contribution in [2.45, 2.75) is 456 Å². The molecule has 0 radical (unpaired) electrons. The van der Waals surface area contributed by atoms with Crippen molar-refractivity contribution in [3.05, 3.63) is 36.5 Å². The maximum absolute atomic E-state index is 12.5. The fourth-order valence-corrected chi connectivity index (χ4v) is 12.6. The number of aliphatic hydroxyl groups is 2. The minimum Gasteiger partial charge on any atom is -0.466 e. The Morgan fingerprint density at radius 3 is 0.816 bits per heavy atom. The van der Waals surface area contributed by atoms with Crippen LogP contribution in [0.1, 0.15) is 444 Å². The molecule has 0 aliphatic carbocycles. The van der Waals surface area contributed by atoms with Gasteiger partial charge < -0.3 is 20.3 Å². The van der Waals surface area contributed by atoms with E-state index in [2.05, 4.69) is 43.5 Å². The molecule has 0 rings (SSSR count). The van der Waals surface area contributed by atoms with E-state index in [-0.39, 0.29) is 18.5 Å². The highest BCUT2D eigenvalue weighted by atomic mass is 16.5. The fraction of sp³-hybridized carbons (Fsp3) is 0.901. The summed E-state index contributed by atoms with van der Waals surface area (Å²) in [6.45, 7) is 4.94. The molecule has 87 heavy (non-hydrogen) atoms. The zero-order valence-electron chi connectivity index (χ0n) is 59.0. The third-order valence-electron chi connectivity index (χ3n) is 18.6. The Labute approximate surface area is 544 Å². The van der Waals surface area contributed by atoms with Crippen molar-refractivity contribution in [2.75, 3.05) is 13.2 Å².